The van der Waals surface area contributed by atoms with Crippen molar-refractivity contribution in [2.45, 2.75) is 25.2 Å². The van der Waals surface area contributed by atoms with Gasteiger partial charge in [-0.1, -0.05) is 23.2 Å². The largest absolute Gasteiger partial charge is 0.396 e. The predicted octanol–water partition coefficient (Wildman–Crippen LogP) is 3.80. The fraction of sp³-hybridized carbons (Fsp3) is 0.600. The minimum Gasteiger partial charge on any atom is -0.396 e. The van der Waals surface area contributed by atoms with E-state index in [1.165, 1.54) is 0 Å². The topological polar surface area (TPSA) is 23.5 Å². The number of likely N-dealkylation sites (tertiary alicyclic amines) is 1. The summed E-state index contributed by atoms with van der Waals surface area (Å²) in [7, 11) is 2.16. The first-order valence-electron chi connectivity index (χ1n) is 6.86. The number of nitrogens with zero attached hydrogens (tertiary/aromatic N) is 1. The molecule has 1 fully saturated rings. The maximum absolute atomic E-state index is 9.35. The smallest absolute Gasteiger partial charge is 0.0441 e. The van der Waals surface area contributed by atoms with Gasteiger partial charge in [0, 0.05) is 16.7 Å². The molecule has 0 radical (unpaired) electrons. The number of hydrogen-bond acceptors (Lipinski definition) is 2. The lowest BCUT2D eigenvalue weighted by molar-refractivity contribution is 0.178. The summed E-state index contributed by atoms with van der Waals surface area (Å²) in [4.78, 5) is 2.35. The second-order valence-electron chi connectivity index (χ2n) is 5.43. The van der Waals surface area contributed by atoms with Crippen LogP contribution in [0.2, 0.25) is 10.0 Å². The van der Waals surface area contributed by atoms with E-state index >= 15 is 0 Å². The fourth-order valence-corrected chi connectivity index (χ4v) is 3.45. The molecular formula is C15H21Cl2NO. The maximum atomic E-state index is 9.35. The third-order valence-corrected chi connectivity index (χ3v) is 4.71. The molecule has 1 aliphatic heterocycles. The number of halogens is 2. The predicted molar refractivity (Wildman–Crippen MR) is 81.1 cm³/mol. The van der Waals surface area contributed by atoms with Gasteiger partial charge in [-0.25, -0.2) is 0 Å². The molecule has 0 aliphatic carbocycles. The Morgan fingerprint density at radius 2 is 2.00 bits per heavy atom. The Balaban J connectivity index is 2.21. The molecule has 1 heterocycles. The lowest BCUT2D eigenvalue weighted by atomic mass is 9.78. The first-order valence-corrected chi connectivity index (χ1v) is 7.61. The number of benzene rings is 1. The Labute approximate surface area is 125 Å². The molecule has 1 aromatic rings. The molecule has 0 spiro atoms. The van der Waals surface area contributed by atoms with Crippen molar-refractivity contribution < 1.29 is 5.11 Å². The van der Waals surface area contributed by atoms with E-state index in [-0.39, 0.29) is 6.61 Å². The third-order valence-electron chi connectivity index (χ3n) is 4.13. The summed E-state index contributed by atoms with van der Waals surface area (Å²) in [5, 5.41) is 10.8. The number of piperidine rings is 1. The number of rotatable bonds is 4. The van der Waals surface area contributed by atoms with Crippen LogP contribution >= 0.6 is 23.2 Å². The molecule has 4 heteroatoms. The Morgan fingerprint density at radius 1 is 1.32 bits per heavy atom. The van der Waals surface area contributed by atoms with E-state index in [9.17, 15) is 5.11 Å². The first kappa shape index (κ1) is 15.1. The monoisotopic (exact) mass is 301 g/mol. The molecule has 0 saturated carbocycles. The average molecular weight is 302 g/mol. The first-order chi connectivity index (χ1) is 9.11. The molecule has 2 nitrogen and oxygen atoms in total. The summed E-state index contributed by atoms with van der Waals surface area (Å²) in [6.07, 6.45) is 3.07. The van der Waals surface area contributed by atoms with E-state index in [2.05, 4.69) is 11.9 Å². The van der Waals surface area contributed by atoms with Crippen LogP contribution in [0.3, 0.4) is 0 Å². The zero-order valence-corrected chi connectivity index (χ0v) is 12.8. The summed E-state index contributed by atoms with van der Waals surface area (Å²) in [5.41, 5.74) is 1.10. The van der Waals surface area contributed by atoms with Crippen LogP contribution in [0.5, 0.6) is 0 Å². The van der Waals surface area contributed by atoms with Gasteiger partial charge in [0.2, 0.25) is 0 Å². The van der Waals surface area contributed by atoms with Crippen molar-refractivity contribution in [1.82, 2.24) is 4.90 Å². The molecule has 0 amide bonds. The highest BCUT2D eigenvalue weighted by atomic mass is 35.5. The van der Waals surface area contributed by atoms with Gasteiger partial charge in [0.15, 0.2) is 0 Å². The summed E-state index contributed by atoms with van der Waals surface area (Å²) in [6.45, 7) is 2.43. The van der Waals surface area contributed by atoms with Crippen LogP contribution in [0.25, 0.3) is 0 Å². The van der Waals surface area contributed by atoms with Crippen LogP contribution in [0.1, 0.15) is 30.7 Å². The van der Waals surface area contributed by atoms with Gasteiger partial charge < -0.3 is 10.0 Å². The zero-order valence-electron chi connectivity index (χ0n) is 11.3. The lowest BCUT2D eigenvalue weighted by Crippen LogP contribution is -2.33. The van der Waals surface area contributed by atoms with Gasteiger partial charge in [-0.2, -0.15) is 0 Å². The number of aliphatic hydroxyl groups is 1. The molecule has 0 aromatic heterocycles. The van der Waals surface area contributed by atoms with Crippen molar-refractivity contribution in [3.05, 3.63) is 33.8 Å². The van der Waals surface area contributed by atoms with Gasteiger partial charge in [-0.05, 0) is 75.0 Å². The van der Waals surface area contributed by atoms with Crippen molar-refractivity contribution in [1.29, 1.82) is 0 Å². The van der Waals surface area contributed by atoms with Crippen molar-refractivity contribution in [2.24, 2.45) is 5.92 Å². The van der Waals surface area contributed by atoms with Gasteiger partial charge in [0.25, 0.3) is 0 Å². The van der Waals surface area contributed by atoms with E-state index < -0.39 is 0 Å². The average Bonchev–Trinajstić information content (AvgIpc) is 2.40. The second-order valence-corrected chi connectivity index (χ2v) is 6.27. The highest BCUT2D eigenvalue weighted by Gasteiger charge is 2.27. The molecule has 19 heavy (non-hydrogen) atoms. The van der Waals surface area contributed by atoms with Crippen molar-refractivity contribution in [3.63, 3.8) is 0 Å². The molecule has 2 rings (SSSR count). The fourth-order valence-electron chi connectivity index (χ4n) is 3.01. The molecule has 1 aliphatic rings. The van der Waals surface area contributed by atoms with Crippen LogP contribution in [0, 0.1) is 5.92 Å². The van der Waals surface area contributed by atoms with E-state index in [4.69, 9.17) is 23.2 Å². The molecule has 1 aromatic carbocycles. The summed E-state index contributed by atoms with van der Waals surface area (Å²) in [6, 6.07) is 5.64. The summed E-state index contributed by atoms with van der Waals surface area (Å²) in [5.74, 6) is 0.893. The Bertz CT molecular complexity index is 417. The van der Waals surface area contributed by atoms with Gasteiger partial charge in [-0.15, -0.1) is 0 Å². The Hall–Kier alpha value is -0.280. The van der Waals surface area contributed by atoms with Gasteiger partial charge in [-0.3, -0.25) is 0 Å². The minimum atomic E-state index is 0.194. The van der Waals surface area contributed by atoms with Crippen molar-refractivity contribution >= 4 is 23.2 Å². The number of hydrogen-bond donors (Lipinski definition) is 1. The van der Waals surface area contributed by atoms with Gasteiger partial charge in [0.05, 0.1) is 0 Å². The Kier molecular flexibility index (Phi) is 5.52. The molecule has 1 N–H and O–H groups in total. The highest BCUT2D eigenvalue weighted by Crippen LogP contribution is 2.39. The molecular weight excluding hydrogens is 281 g/mol. The van der Waals surface area contributed by atoms with Crippen LogP contribution in [-0.4, -0.2) is 36.8 Å². The molecule has 0 unspecified atom stereocenters. The molecule has 0 bridgehead atoms. The maximum Gasteiger partial charge on any atom is 0.0441 e. The van der Waals surface area contributed by atoms with Gasteiger partial charge >= 0.3 is 0 Å². The van der Waals surface area contributed by atoms with Gasteiger partial charge in [0.1, 0.15) is 0 Å². The summed E-state index contributed by atoms with van der Waals surface area (Å²) < 4.78 is 0. The van der Waals surface area contributed by atoms with E-state index in [1.54, 1.807) is 0 Å². The zero-order chi connectivity index (χ0) is 13.8. The summed E-state index contributed by atoms with van der Waals surface area (Å²) >= 11 is 12.4. The highest BCUT2D eigenvalue weighted by molar-refractivity contribution is 6.33. The molecule has 1 saturated heterocycles. The molecule has 106 valence electrons. The van der Waals surface area contributed by atoms with Crippen LogP contribution in [0.15, 0.2) is 18.2 Å². The van der Waals surface area contributed by atoms with E-state index in [0.717, 1.165) is 48.0 Å². The number of aliphatic hydroxyl groups excluding tert-OH is 1. The van der Waals surface area contributed by atoms with Crippen molar-refractivity contribution in [2.75, 3.05) is 26.7 Å². The second kappa shape index (κ2) is 6.94. The van der Waals surface area contributed by atoms with Crippen LogP contribution in [0.4, 0.5) is 0 Å². The van der Waals surface area contributed by atoms with E-state index in [1.807, 2.05) is 18.2 Å². The normalized spacial score (nSPS) is 19.6. The quantitative estimate of drug-likeness (QED) is 0.914. The third kappa shape index (κ3) is 3.85. The minimum absolute atomic E-state index is 0.194. The molecule has 1 atom stereocenters. The van der Waals surface area contributed by atoms with Crippen molar-refractivity contribution in [3.8, 4) is 0 Å². The SMILES string of the molecule is CN1CCC([C@H](CCO)c2cc(Cl)ccc2Cl)CC1. The standard InChI is InChI=1S/C15H21Cl2NO/c1-18-7-4-11(5-8-18)13(6-9-19)14-10-12(16)2-3-15(14)17/h2-3,10-11,13,19H,4-9H2,1H3/t13-/m0/s1. The van der Waals surface area contributed by atoms with E-state index in [0.29, 0.717) is 11.8 Å². The van der Waals surface area contributed by atoms with Crippen LogP contribution < -0.4 is 0 Å². The lowest BCUT2D eigenvalue weighted by Gasteiger charge is -2.35. The Morgan fingerprint density at radius 3 is 2.63 bits per heavy atom. The van der Waals surface area contributed by atoms with Crippen LogP contribution in [-0.2, 0) is 0 Å².